The molecule has 130 valence electrons. The third-order valence-corrected chi connectivity index (χ3v) is 3.52. The molecule has 1 aromatic carbocycles. The fourth-order valence-electron chi connectivity index (χ4n) is 2.29. The number of nitrogens with one attached hydrogen (secondary N) is 1. The summed E-state index contributed by atoms with van der Waals surface area (Å²) in [6.07, 6.45) is -1.81. The molecule has 9 heteroatoms. The lowest BCUT2D eigenvalue weighted by Crippen LogP contribution is -2.23. The first kappa shape index (κ1) is 16.7. The van der Waals surface area contributed by atoms with Gasteiger partial charge in [0.05, 0.1) is 5.56 Å². The maximum Gasteiger partial charge on any atom is 0.573 e. The number of amides is 1. The van der Waals surface area contributed by atoms with E-state index in [2.05, 4.69) is 20.1 Å². The monoisotopic (exact) mass is 350 g/mol. The second kappa shape index (κ2) is 6.42. The molecule has 0 aliphatic rings. The minimum Gasteiger partial charge on any atom is -0.406 e. The predicted octanol–water partition coefficient (Wildman–Crippen LogP) is 2.87. The van der Waals surface area contributed by atoms with E-state index in [9.17, 15) is 18.0 Å². The van der Waals surface area contributed by atoms with Gasteiger partial charge in [-0.05, 0) is 42.3 Å². The fraction of sp³-hybridized carbons (Fsp3) is 0.188. The van der Waals surface area contributed by atoms with Gasteiger partial charge >= 0.3 is 6.36 Å². The lowest BCUT2D eigenvalue weighted by Gasteiger charge is -2.12. The summed E-state index contributed by atoms with van der Waals surface area (Å²) >= 11 is 0. The Balaban J connectivity index is 1.67. The van der Waals surface area contributed by atoms with Crippen molar-refractivity contribution >= 4 is 11.6 Å². The van der Waals surface area contributed by atoms with Crippen molar-refractivity contribution in [3.05, 3.63) is 59.5 Å². The summed E-state index contributed by atoms with van der Waals surface area (Å²) in [5, 5.41) is 6.67. The van der Waals surface area contributed by atoms with Gasteiger partial charge in [0, 0.05) is 12.7 Å². The molecule has 0 bridgehead atoms. The molecule has 3 aromatic rings. The van der Waals surface area contributed by atoms with Crippen LogP contribution in [-0.4, -0.2) is 26.9 Å². The predicted molar refractivity (Wildman–Crippen MR) is 82.0 cm³/mol. The van der Waals surface area contributed by atoms with Crippen LogP contribution >= 0.6 is 0 Å². The largest absolute Gasteiger partial charge is 0.573 e. The molecule has 0 saturated carbocycles. The van der Waals surface area contributed by atoms with Crippen molar-refractivity contribution < 1.29 is 22.7 Å². The fourth-order valence-corrected chi connectivity index (χ4v) is 2.29. The molecular weight excluding hydrogens is 337 g/mol. The summed E-state index contributed by atoms with van der Waals surface area (Å²) in [6, 6.07) is 7.25. The Morgan fingerprint density at radius 3 is 2.80 bits per heavy atom. The number of fused-ring (bicyclic) bond motifs is 1. The van der Waals surface area contributed by atoms with E-state index in [1.54, 1.807) is 25.3 Å². The molecule has 6 nitrogen and oxygen atoms in total. The Labute approximate surface area is 140 Å². The Kier molecular flexibility index (Phi) is 4.30. The summed E-state index contributed by atoms with van der Waals surface area (Å²) in [5.74, 6) is -0.621. The van der Waals surface area contributed by atoms with Crippen molar-refractivity contribution in [2.24, 2.45) is 0 Å². The Hall–Kier alpha value is -3.10. The number of halogens is 3. The average Bonchev–Trinajstić information content (AvgIpc) is 2.99. The molecule has 3 rings (SSSR count). The molecule has 0 atom stereocenters. The molecule has 25 heavy (non-hydrogen) atoms. The standard InChI is InChI=1S/C16H13F3N4O2/c1-10-6-13(25-16(17,18)19)4-2-11(10)7-20-15(24)12-3-5-14-21-9-22-23(14)8-12/h2-6,8-9H,7H2,1H3,(H,20,24). The normalized spacial score (nSPS) is 11.5. The number of aryl methyl sites for hydroxylation is 1. The lowest BCUT2D eigenvalue weighted by atomic mass is 10.1. The summed E-state index contributed by atoms with van der Waals surface area (Å²) in [6.45, 7) is 1.82. The van der Waals surface area contributed by atoms with E-state index in [0.29, 0.717) is 22.3 Å². The van der Waals surface area contributed by atoms with Gasteiger partial charge in [0.25, 0.3) is 5.91 Å². The van der Waals surface area contributed by atoms with Gasteiger partial charge in [0.2, 0.25) is 0 Å². The van der Waals surface area contributed by atoms with Gasteiger partial charge in [0.15, 0.2) is 5.65 Å². The molecule has 2 heterocycles. The molecule has 0 saturated heterocycles. The number of hydrogen-bond acceptors (Lipinski definition) is 4. The molecule has 0 fully saturated rings. The summed E-state index contributed by atoms with van der Waals surface area (Å²) in [5.41, 5.74) is 2.28. The highest BCUT2D eigenvalue weighted by Crippen LogP contribution is 2.24. The van der Waals surface area contributed by atoms with Gasteiger partial charge in [-0.1, -0.05) is 6.07 Å². The van der Waals surface area contributed by atoms with E-state index in [4.69, 9.17) is 0 Å². The van der Waals surface area contributed by atoms with Crippen LogP contribution in [0.5, 0.6) is 5.75 Å². The van der Waals surface area contributed by atoms with E-state index in [1.807, 2.05) is 0 Å². The van der Waals surface area contributed by atoms with Crippen LogP contribution in [0.4, 0.5) is 13.2 Å². The highest BCUT2D eigenvalue weighted by atomic mass is 19.4. The first-order chi connectivity index (χ1) is 11.8. The molecular formula is C16H13F3N4O2. The first-order valence-corrected chi connectivity index (χ1v) is 7.25. The zero-order chi connectivity index (χ0) is 18.0. The van der Waals surface area contributed by atoms with Crippen LogP contribution in [0.2, 0.25) is 0 Å². The molecule has 0 radical (unpaired) electrons. The second-order valence-electron chi connectivity index (χ2n) is 5.30. The first-order valence-electron chi connectivity index (χ1n) is 7.25. The number of aromatic nitrogens is 3. The molecule has 0 aliphatic heterocycles. The minimum atomic E-state index is -4.73. The van der Waals surface area contributed by atoms with Crippen LogP contribution in [0.15, 0.2) is 42.9 Å². The number of alkyl halides is 3. The van der Waals surface area contributed by atoms with Crippen molar-refractivity contribution in [3.63, 3.8) is 0 Å². The van der Waals surface area contributed by atoms with Crippen molar-refractivity contribution in [2.75, 3.05) is 0 Å². The Morgan fingerprint density at radius 1 is 1.28 bits per heavy atom. The Morgan fingerprint density at radius 2 is 2.08 bits per heavy atom. The number of carbonyl (C=O) groups excluding carboxylic acids is 1. The summed E-state index contributed by atoms with van der Waals surface area (Å²) in [7, 11) is 0. The van der Waals surface area contributed by atoms with Crippen LogP contribution in [0, 0.1) is 6.92 Å². The van der Waals surface area contributed by atoms with Gasteiger partial charge in [-0.25, -0.2) is 9.50 Å². The number of pyridine rings is 1. The van der Waals surface area contributed by atoms with Gasteiger partial charge in [-0.3, -0.25) is 4.79 Å². The summed E-state index contributed by atoms with van der Waals surface area (Å²) in [4.78, 5) is 16.2. The van der Waals surface area contributed by atoms with E-state index < -0.39 is 6.36 Å². The SMILES string of the molecule is Cc1cc(OC(F)(F)F)ccc1CNC(=O)c1ccc2ncnn2c1. The maximum atomic E-state index is 12.2. The van der Waals surface area contributed by atoms with Gasteiger partial charge in [0.1, 0.15) is 12.1 Å². The van der Waals surface area contributed by atoms with E-state index in [0.717, 1.165) is 0 Å². The third-order valence-electron chi connectivity index (χ3n) is 3.52. The van der Waals surface area contributed by atoms with E-state index in [1.165, 1.54) is 29.0 Å². The molecule has 0 unspecified atom stereocenters. The van der Waals surface area contributed by atoms with Gasteiger partial charge in [-0.15, -0.1) is 13.2 Å². The molecule has 1 N–H and O–H groups in total. The zero-order valence-corrected chi connectivity index (χ0v) is 13.0. The van der Waals surface area contributed by atoms with Crippen LogP contribution < -0.4 is 10.1 Å². The van der Waals surface area contributed by atoms with Crippen LogP contribution in [0.25, 0.3) is 5.65 Å². The van der Waals surface area contributed by atoms with Crippen LogP contribution in [0.3, 0.4) is 0 Å². The molecule has 1 amide bonds. The summed E-state index contributed by atoms with van der Waals surface area (Å²) < 4.78 is 42.0. The van der Waals surface area contributed by atoms with Crippen molar-refractivity contribution in [2.45, 2.75) is 19.8 Å². The maximum absolute atomic E-state index is 12.2. The highest BCUT2D eigenvalue weighted by molar-refractivity contribution is 5.94. The number of hydrogen-bond donors (Lipinski definition) is 1. The average molecular weight is 350 g/mol. The quantitative estimate of drug-likeness (QED) is 0.786. The van der Waals surface area contributed by atoms with E-state index in [-0.39, 0.29) is 18.2 Å². The van der Waals surface area contributed by atoms with Gasteiger partial charge < -0.3 is 10.1 Å². The molecule has 0 aliphatic carbocycles. The number of carbonyl (C=O) groups is 1. The van der Waals surface area contributed by atoms with Crippen molar-refractivity contribution in [1.82, 2.24) is 19.9 Å². The number of benzene rings is 1. The van der Waals surface area contributed by atoms with Crippen LogP contribution in [-0.2, 0) is 6.54 Å². The second-order valence-corrected chi connectivity index (χ2v) is 5.30. The van der Waals surface area contributed by atoms with Crippen molar-refractivity contribution in [3.8, 4) is 5.75 Å². The minimum absolute atomic E-state index is 0.173. The number of ether oxygens (including phenoxy) is 1. The zero-order valence-electron chi connectivity index (χ0n) is 13.0. The smallest absolute Gasteiger partial charge is 0.406 e. The third kappa shape index (κ3) is 4.06. The lowest BCUT2D eigenvalue weighted by molar-refractivity contribution is -0.274. The molecule has 2 aromatic heterocycles. The molecule has 0 spiro atoms. The highest BCUT2D eigenvalue weighted by Gasteiger charge is 2.31. The van der Waals surface area contributed by atoms with Crippen molar-refractivity contribution in [1.29, 1.82) is 0 Å². The Bertz CT molecular complexity index is 921. The number of nitrogens with zero attached hydrogens (tertiary/aromatic N) is 3. The number of rotatable bonds is 4. The van der Waals surface area contributed by atoms with E-state index >= 15 is 0 Å². The van der Waals surface area contributed by atoms with Crippen LogP contribution in [0.1, 0.15) is 21.5 Å². The van der Waals surface area contributed by atoms with Gasteiger partial charge in [-0.2, -0.15) is 5.10 Å². The topological polar surface area (TPSA) is 68.5 Å².